The second-order valence-corrected chi connectivity index (χ2v) is 5.25. The number of carbonyl (C=O) groups is 2. The van der Waals surface area contributed by atoms with Gasteiger partial charge in [0.1, 0.15) is 0 Å². The van der Waals surface area contributed by atoms with Crippen molar-refractivity contribution in [1.29, 1.82) is 0 Å². The van der Waals surface area contributed by atoms with E-state index in [-0.39, 0.29) is 18.4 Å². The fourth-order valence-corrected chi connectivity index (χ4v) is 2.03. The summed E-state index contributed by atoms with van der Waals surface area (Å²) < 4.78 is 0. The summed E-state index contributed by atoms with van der Waals surface area (Å²) in [6, 6.07) is 15.1. The molecule has 0 aliphatic carbocycles. The van der Waals surface area contributed by atoms with Gasteiger partial charge in [0, 0.05) is 12.1 Å². The summed E-state index contributed by atoms with van der Waals surface area (Å²) >= 11 is 0. The number of hydrogen-bond acceptors (Lipinski definition) is 2. The normalized spacial score (nSPS) is 10.1. The first-order valence-corrected chi connectivity index (χ1v) is 7.22. The molecule has 114 valence electrons. The van der Waals surface area contributed by atoms with Crippen molar-refractivity contribution in [2.24, 2.45) is 0 Å². The van der Waals surface area contributed by atoms with Crippen LogP contribution in [0.2, 0.25) is 0 Å². The Hall–Kier alpha value is -2.62. The number of aryl methyl sites for hydroxylation is 2. The van der Waals surface area contributed by atoms with E-state index >= 15 is 0 Å². The smallest absolute Gasteiger partial charge is 0.251 e. The Labute approximate surface area is 130 Å². The molecule has 4 heteroatoms. The zero-order valence-corrected chi connectivity index (χ0v) is 12.8. The quantitative estimate of drug-likeness (QED) is 0.890. The topological polar surface area (TPSA) is 58.2 Å². The largest absolute Gasteiger partial charge is 0.350 e. The van der Waals surface area contributed by atoms with Crippen LogP contribution in [0.3, 0.4) is 0 Å². The lowest BCUT2D eigenvalue weighted by atomic mass is 10.1. The van der Waals surface area contributed by atoms with Gasteiger partial charge in [-0.15, -0.1) is 0 Å². The summed E-state index contributed by atoms with van der Waals surface area (Å²) in [6.07, 6.45) is 0. The standard InChI is InChI=1S/C18H20N2O2/c1-13-7-9-15(10-8-13)18(22)20-12-17(21)19-11-16-6-4-3-5-14(16)2/h3-10H,11-12H2,1-2H3,(H,19,21)(H,20,22). The van der Waals surface area contributed by atoms with Crippen LogP contribution in [0.25, 0.3) is 0 Å². The molecule has 0 heterocycles. The van der Waals surface area contributed by atoms with Crippen LogP contribution in [-0.2, 0) is 11.3 Å². The molecule has 22 heavy (non-hydrogen) atoms. The average Bonchev–Trinajstić information content (AvgIpc) is 2.52. The molecule has 0 aliphatic heterocycles. The molecule has 0 atom stereocenters. The zero-order valence-electron chi connectivity index (χ0n) is 12.8. The molecule has 0 aliphatic rings. The highest BCUT2D eigenvalue weighted by Gasteiger charge is 2.08. The van der Waals surface area contributed by atoms with Gasteiger partial charge in [-0.25, -0.2) is 0 Å². The number of rotatable bonds is 5. The van der Waals surface area contributed by atoms with Crippen molar-refractivity contribution in [3.05, 3.63) is 70.8 Å². The molecule has 2 N–H and O–H groups in total. The van der Waals surface area contributed by atoms with Crippen LogP contribution < -0.4 is 10.6 Å². The van der Waals surface area contributed by atoms with Crippen molar-refractivity contribution < 1.29 is 9.59 Å². The van der Waals surface area contributed by atoms with Crippen LogP contribution >= 0.6 is 0 Å². The third-order valence-corrected chi connectivity index (χ3v) is 3.46. The molecule has 0 fully saturated rings. The molecule has 0 bridgehead atoms. The molecule has 4 nitrogen and oxygen atoms in total. The van der Waals surface area contributed by atoms with E-state index in [9.17, 15) is 9.59 Å². The van der Waals surface area contributed by atoms with Gasteiger partial charge in [0.25, 0.3) is 5.91 Å². The lowest BCUT2D eigenvalue weighted by Crippen LogP contribution is -2.36. The highest BCUT2D eigenvalue weighted by Crippen LogP contribution is 2.06. The molecule has 2 aromatic carbocycles. The maximum absolute atomic E-state index is 11.9. The summed E-state index contributed by atoms with van der Waals surface area (Å²) in [6.45, 7) is 4.39. The van der Waals surface area contributed by atoms with Gasteiger partial charge >= 0.3 is 0 Å². The van der Waals surface area contributed by atoms with Crippen LogP contribution in [0.15, 0.2) is 48.5 Å². The molecule has 2 aromatic rings. The summed E-state index contributed by atoms with van der Waals surface area (Å²) in [7, 11) is 0. The minimum Gasteiger partial charge on any atom is -0.350 e. The van der Waals surface area contributed by atoms with Gasteiger partial charge in [-0.1, -0.05) is 42.0 Å². The Morgan fingerprint density at radius 3 is 2.27 bits per heavy atom. The number of hydrogen-bond donors (Lipinski definition) is 2. The second kappa shape index (κ2) is 7.41. The van der Waals surface area contributed by atoms with Crippen LogP contribution in [-0.4, -0.2) is 18.4 Å². The Kier molecular flexibility index (Phi) is 5.31. The van der Waals surface area contributed by atoms with E-state index in [4.69, 9.17) is 0 Å². The molecule has 0 saturated heterocycles. The predicted molar refractivity (Wildman–Crippen MR) is 86.5 cm³/mol. The van der Waals surface area contributed by atoms with Crippen LogP contribution in [0.5, 0.6) is 0 Å². The number of nitrogens with one attached hydrogen (secondary N) is 2. The molecule has 0 spiro atoms. The fraction of sp³-hybridized carbons (Fsp3) is 0.222. The Bertz CT molecular complexity index is 663. The van der Waals surface area contributed by atoms with E-state index in [0.717, 1.165) is 16.7 Å². The van der Waals surface area contributed by atoms with Crippen molar-refractivity contribution in [3.63, 3.8) is 0 Å². The average molecular weight is 296 g/mol. The molecule has 2 rings (SSSR count). The van der Waals surface area contributed by atoms with E-state index in [1.807, 2.05) is 50.2 Å². The summed E-state index contributed by atoms with van der Waals surface area (Å²) in [5, 5.41) is 5.42. The summed E-state index contributed by atoms with van der Waals surface area (Å²) in [4.78, 5) is 23.7. The van der Waals surface area contributed by atoms with Crippen LogP contribution in [0.1, 0.15) is 27.0 Å². The van der Waals surface area contributed by atoms with E-state index in [1.54, 1.807) is 12.1 Å². The predicted octanol–water partition coefficient (Wildman–Crippen LogP) is 2.35. The number of carbonyl (C=O) groups excluding carboxylic acids is 2. The Morgan fingerprint density at radius 1 is 0.909 bits per heavy atom. The van der Waals surface area contributed by atoms with Gasteiger partial charge in [-0.2, -0.15) is 0 Å². The van der Waals surface area contributed by atoms with E-state index < -0.39 is 0 Å². The molecule has 0 saturated carbocycles. The minimum atomic E-state index is -0.244. The molecular formula is C18H20N2O2. The van der Waals surface area contributed by atoms with Crippen LogP contribution in [0, 0.1) is 13.8 Å². The van der Waals surface area contributed by atoms with Crippen molar-refractivity contribution in [1.82, 2.24) is 10.6 Å². The maximum Gasteiger partial charge on any atom is 0.251 e. The summed E-state index contributed by atoms with van der Waals surface area (Å²) in [5.41, 5.74) is 3.84. The van der Waals surface area contributed by atoms with Gasteiger partial charge in [-0.3, -0.25) is 9.59 Å². The molecule has 2 amide bonds. The van der Waals surface area contributed by atoms with Crippen molar-refractivity contribution in [2.45, 2.75) is 20.4 Å². The molecule has 0 aromatic heterocycles. The third-order valence-electron chi connectivity index (χ3n) is 3.46. The Balaban J connectivity index is 1.79. The van der Waals surface area contributed by atoms with E-state index in [0.29, 0.717) is 12.1 Å². The zero-order chi connectivity index (χ0) is 15.9. The maximum atomic E-state index is 11.9. The van der Waals surface area contributed by atoms with Crippen molar-refractivity contribution in [3.8, 4) is 0 Å². The first kappa shape index (κ1) is 15.8. The molecular weight excluding hydrogens is 276 g/mol. The van der Waals surface area contributed by atoms with Gasteiger partial charge in [0.05, 0.1) is 6.54 Å². The van der Waals surface area contributed by atoms with Gasteiger partial charge in [0.15, 0.2) is 0 Å². The highest BCUT2D eigenvalue weighted by molar-refractivity contribution is 5.96. The fourth-order valence-electron chi connectivity index (χ4n) is 2.03. The SMILES string of the molecule is Cc1ccc(C(=O)NCC(=O)NCc2ccccc2C)cc1. The van der Waals surface area contributed by atoms with Crippen LogP contribution in [0.4, 0.5) is 0 Å². The second-order valence-electron chi connectivity index (χ2n) is 5.25. The van der Waals surface area contributed by atoms with E-state index in [1.165, 1.54) is 0 Å². The molecule has 0 radical (unpaired) electrons. The lowest BCUT2D eigenvalue weighted by Gasteiger charge is -2.09. The highest BCUT2D eigenvalue weighted by atomic mass is 16.2. The molecule has 0 unspecified atom stereocenters. The van der Waals surface area contributed by atoms with Crippen molar-refractivity contribution in [2.75, 3.05) is 6.54 Å². The number of amides is 2. The lowest BCUT2D eigenvalue weighted by molar-refractivity contribution is -0.120. The number of benzene rings is 2. The van der Waals surface area contributed by atoms with Gasteiger partial charge < -0.3 is 10.6 Å². The minimum absolute atomic E-state index is 0.0292. The van der Waals surface area contributed by atoms with E-state index in [2.05, 4.69) is 10.6 Å². The third kappa shape index (κ3) is 4.45. The first-order valence-electron chi connectivity index (χ1n) is 7.22. The summed E-state index contributed by atoms with van der Waals surface area (Å²) in [5.74, 6) is -0.449. The van der Waals surface area contributed by atoms with Gasteiger partial charge in [-0.05, 0) is 37.1 Å². The monoisotopic (exact) mass is 296 g/mol. The van der Waals surface area contributed by atoms with Crippen molar-refractivity contribution >= 4 is 11.8 Å². The first-order chi connectivity index (χ1) is 10.6. The van der Waals surface area contributed by atoms with Gasteiger partial charge in [0.2, 0.25) is 5.91 Å². The Morgan fingerprint density at radius 2 is 1.59 bits per heavy atom.